The Labute approximate surface area is 105 Å². The molecule has 4 nitrogen and oxygen atoms in total. The lowest BCUT2D eigenvalue weighted by Crippen LogP contribution is -2.45. The van der Waals surface area contributed by atoms with E-state index in [1.165, 1.54) is 32.4 Å². The van der Waals surface area contributed by atoms with Crippen molar-refractivity contribution >= 4 is 0 Å². The molecule has 0 aromatic rings. The van der Waals surface area contributed by atoms with Gasteiger partial charge in [-0.05, 0) is 45.2 Å². The number of hydrogen-bond acceptors (Lipinski definition) is 4. The molecule has 2 aliphatic rings. The van der Waals surface area contributed by atoms with Crippen molar-refractivity contribution in [3.8, 4) is 0 Å². The molecule has 2 atom stereocenters. The Kier molecular flexibility index (Phi) is 5.22. The lowest BCUT2D eigenvalue weighted by molar-refractivity contribution is 0.0837. The second-order valence-corrected chi connectivity index (χ2v) is 5.44. The van der Waals surface area contributed by atoms with E-state index >= 15 is 0 Å². The average Bonchev–Trinajstić information content (AvgIpc) is 2.79. The second-order valence-electron chi connectivity index (χ2n) is 5.44. The van der Waals surface area contributed by atoms with Crippen LogP contribution in [-0.4, -0.2) is 56.4 Å². The van der Waals surface area contributed by atoms with Crippen LogP contribution >= 0.6 is 0 Å². The van der Waals surface area contributed by atoms with Gasteiger partial charge in [-0.3, -0.25) is 0 Å². The third-order valence-electron chi connectivity index (χ3n) is 4.22. The molecular formula is C13H27N3O. The minimum Gasteiger partial charge on any atom is -0.380 e. The predicted octanol–water partition coefficient (Wildman–Crippen LogP) is 0.567. The number of nitrogens with one attached hydrogen (secondary N) is 1. The molecule has 4 heteroatoms. The number of ether oxygens (including phenoxy) is 1. The summed E-state index contributed by atoms with van der Waals surface area (Å²) >= 11 is 0. The van der Waals surface area contributed by atoms with Gasteiger partial charge in [-0.1, -0.05) is 0 Å². The van der Waals surface area contributed by atoms with Crippen LogP contribution in [0.1, 0.15) is 32.1 Å². The molecule has 100 valence electrons. The number of nitrogens with two attached hydrogens (primary N) is 1. The van der Waals surface area contributed by atoms with Gasteiger partial charge in [0.2, 0.25) is 0 Å². The fourth-order valence-electron chi connectivity index (χ4n) is 3.03. The molecule has 0 aromatic carbocycles. The highest BCUT2D eigenvalue weighted by Gasteiger charge is 2.26. The predicted molar refractivity (Wildman–Crippen MR) is 70.1 cm³/mol. The molecule has 1 heterocycles. The first-order valence-corrected chi connectivity index (χ1v) is 7.03. The average molecular weight is 241 g/mol. The van der Waals surface area contributed by atoms with Crippen LogP contribution in [0, 0.1) is 0 Å². The number of likely N-dealkylation sites (tertiary alicyclic amines) is 1. The largest absolute Gasteiger partial charge is 0.380 e. The van der Waals surface area contributed by atoms with E-state index in [1.807, 2.05) is 7.11 Å². The molecule has 1 saturated heterocycles. The van der Waals surface area contributed by atoms with Crippen molar-refractivity contribution in [3.05, 3.63) is 0 Å². The highest BCUT2D eigenvalue weighted by molar-refractivity contribution is 4.84. The standard InChI is InChI=1S/C13H27N3O/c1-17-13-4-2-3-12(13)15-7-10-16-8-5-11(14)6-9-16/h11-13,15H,2-10,14H2,1H3. The zero-order valence-electron chi connectivity index (χ0n) is 11.0. The van der Waals surface area contributed by atoms with Crippen LogP contribution in [0.25, 0.3) is 0 Å². The van der Waals surface area contributed by atoms with Gasteiger partial charge in [0.25, 0.3) is 0 Å². The van der Waals surface area contributed by atoms with Crippen LogP contribution in [0.4, 0.5) is 0 Å². The topological polar surface area (TPSA) is 50.5 Å². The Morgan fingerprint density at radius 2 is 2.00 bits per heavy atom. The van der Waals surface area contributed by atoms with Crippen molar-refractivity contribution in [2.45, 2.75) is 50.3 Å². The first-order chi connectivity index (χ1) is 8.29. The summed E-state index contributed by atoms with van der Waals surface area (Å²) in [6.07, 6.45) is 6.53. The minimum atomic E-state index is 0.435. The summed E-state index contributed by atoms with van der Waals surface area (Å²) in [7, 11) is 1.83. The van der Waals surface area contributed by atoms with Gasteiger partial charge >= 0.3 is 0 Å². The van der Waals surface area contributed by atoms with Gasteiger partial charge in [0.1, 0.15) is 0 Å². The molecule has 0 bridgehead atoms. The van der Waals surface area contributed by atoms with Gasteiger partial charge in [0.15, 0.2) is 0 Å². The zero-order valence-corrected chi connectivity index (χ0v) is 11.0. The van der Waals surface area contributed by atoms with Crippen LogP contribution in [-0.2, 0) is 4.74 Å². The maximum Gasteiger partial charge on any atom is 0.0724 e. The smallest absolute Gasteiger partial charge is 0.0724 e. The molecule has 17 heavy (non-hydrogen) atoms. The highest BCUT2D eigenvalue weighted by atomic mass is 16.5. The van der Waals surface area contributed by atoms with Crippen molar-refractivity contribution in [3.63, 3.8) is 0 Å². The third kappa shape index (κ3) is 3.91. The van der Waals surface area contributed by atoms with Gasteiger partial charge in [-0.25, -0.2) is 0 Å². The quantitative estimate of drug-likeness (QED) is 0.739. The van der Waals surface area contributed by atoms with Crippen molar-refractivity contribution in [2.24, 2.45) is 5.73 Å². The molecule has 2 fully saturated rings. The Hall–Kier alpha value is -0.160. The van der Waals surface area contributed by atoms with E-state index in [-0.39, 0.29) is 0 Å². The number of rotatable bonds is 5. The Bertz CT molecular complexity index is 217. The van der Waals surface area contributed by atoms with Gasteiger partial charge < -0.3 is 20.7 Å². The van der Waals surface area contributed by atoms with E-state index in [2.05, 4.69) is 10.2 Å². The molecule has 3 N–H and O–H groups in total. The lowest BCUT2D eigenvalue weighted by atomic mass is 10.1. The summed E-state index contributed by atoms with van der Waals surface area (Å²) in [5.41, 5.74) is 5.90. The van der Waals surface area contributed by atoms with Gasteiger partial charge in [-0.15, -0.1) is 0 Å². The molecule has 1 saturated carbocycles. The normalized spacial score (nSPS) is 32.1. The summed E-state index contributed by atoms with van der Waals surface area (Å²) in [5, 5.41) is 3.64. The molecule has 0 radical (unpaired) electrons. The summed E-state index contributed by atoms with van der Waals surface area (Å²) < 4.78 is 5.49. The first-order valence-electron chi connectivity index (χ1n) is 7.03. The van der Waals surface area contributed by atoms with Crippen molar-refractivity contribution in [2.75, 3.05) is 33.3 Å². The van der Waals surface area contributed by atoms with Crippen LogP contribution in [0.2, 0.25) is 0 Å². The second kappa shape index (κ2) is 6.69. The monoisotopic (exact) mass is 241 g/mol. The third-order valence-corrected chi connectivity index (χ3v) is 4.22. The molecule has 2 unspecified atom stereocenters. The summed E-state index contributed by atoms with van der Waals surface area (Å²) in [5.74, 6) is 0. The fraction of sp³-hybridized carbons (Fsp3) is 1.00. The van der Waals surface area contributed by atoms with Gasteiger partial charge in [-0.2, -0.15) is 0 Å². The van der Waals surface area contributed by atoms with E-state index in [9.17, 15) is 0 Å². The van der Waals surface area contributed by atoms with E-state index in [4.69, 9.17) is 10.5 Å². The lowest BCUT2D eigenvalue weighted by Gasteiger charge is -2.30. The SMILES string of the molecule is COC1CCCC1NCCN1CCC(N)CC1. The Morgan fingerprint density at radius 3 is 2.71 bits per heavy atom. The van der Waals surface area contributed by atoms with Crippen LogP contribution in [0.3, 0.4) is 0 Å². The minimum absolute atomic E-state index is 0.435. The summed E-state index contributed by atoms with van der Waals surface area (Å²) in [4.78, 5) is 2.52. The van der Waals surface area contributed by atoms with Crippen molar-refractivity contribution in [1.29, 1.82) is 0 Å². The van der Waals surface area contributed by atoms with Crippen LogP contribution in [0.15, 0.2) is 0 Å². The van der Waals surface area contributed by atoms with Gasteiger partial charge in [0, 0.05) is 32.3 Å². The molecule has 1 aliphatic heterocycles. The number of hydrogen-bond donors (Lipinski definition) is 2. The van der Waals surface area contributed by atoms with E-state index in [1.54, 1.807) is 0 Å². The van der Waals surface area contributed by atoms with E-state index in [0.717, 1.165) is 25.9 Å². The maximum absolute atomic E-state index is 5.90. The number of nitrogens with zero attached hydrogens (tertiary/aromatic N) is 1. The maximum atomic E-state index is 5.90. The molecule has 2 rings (SSSR count). The highest BCUT2D eigenvalue weighted by Crippen LogP contribution is 2.21. The van der Waals surface area contributed by atoms with Crippen molar-refractivity contribution in [1.82, 2.24) is 10.2 Å². The summed E-state index contributed by atoms with van der Waals surface area (Å²) in [6, 6.07) is 1.01. The molecule has 0 aromatic heterocycles. The summed E-state index contributed by atoms with van der Waals surface area (Å²) in [6.45, 7) is 4.57. The zero-order chi connectivity index (χ0) is 12.1. The number of piperidine rings is 1. The Balaban J connectivity index is 1.59. The van der Waals surface area contributed by atoms with Crippen molar-refractivity contribution < 1.29 is 4.74 Å². The molecule has 0 spiro atoms. The van der Waals surface area contributed by atoms with E-state index < -0.39 is 0 Å². The molecular weight excluding hydrogens is 214 g/mol. The Morgan fingerprint density at radius 1 is 1.24 bits per heavy atom. The van der Waals surface area contributed by atoms with Gasteiger partial charge in [0.05, 0.1) is 6.10 Å². The van der Waals surface area contributed by atoms with E-state index in [0.29, 0.717) is 18.2 Å². The molecule has 0 amide bonds. The first kappa shape index (κ1) is 13.3. The van der Waals surface area contributed by atoms with Crippen LogP contribution < -0.4 is 11.1 Å². The number of methoxy groups -OCH3 is 1. The van der Waals surface area contributed by atoms with Crippen LogP contribution in [0.5, 0.6) is 0 Å². The fourth-order valence-corrected chi connectivity index (χ4v) is 3.03. The molecule has 1 aliphatic carbocycles.